The molecule has 102 valence electrons. The highest BCUT2D eigenvalue weighted by Crippen LogP contribution is 2.19. The molecule has 0 atom stereocenters. The van der Waals surface area contributed by atoms with Crippen LogP contribution in [-0.4, -0.2) is 17.2 Å². The van der Waals surface area contributed by atoms with Crippen LogP contribution in [0.4, 0.5) is 5.69 Å². The Labute approximate surface area is 120 Å². The number of amides is 1. The lowest BCUT2D eigenvalue weighted by atomic mass is 10.2. The van der Waals surface area contributed by atoms with Gasteiger partial charge in [0.15, 0.2) is 0 Å². The lowest BCUT2D eigenvalue weighted by molar-refractivity contribution is 0.0955. The summed E-state index contributed by atoms with van der Waals surface area (Å²) >= 11 is 5.80. The summed E-state index contributed by atoms with van der Waals surface area (Å²) in [6.45, 7) is 0. The molecule has 0 aliphatic heterocycles. The fraction of sp³-hybridized carbons (Fsp3) is 0. The van der Waals surface area contributed by atoms with Crippen molar-refractivity contribution >= 4 is 29.4 Å². The number of hydrazone groups is 1. The second-order valence-corrected chi connectivity index (χ2v) is 4.46. The SMILES string of the molecule is Nc1ccc(C(=O)N/N=C/c2cc(Cl)ccc2O)cc1. The maximum Gasteiger partial charge on any atom is 0.271 e. The number of phenols is 1. The van der Waals surface area contributed by atoms with Crippen molar-refractivity contribution in [1.82, 2.24) is 5.43 Å². The Kier molecular flexibility index (Phi) is 4.22. The summed E-state index contributed by atoms with van der Waals surface area (Å²) in [6, 6.07) is 11.0. The van der Waals surface area contributed by atoms with Gasteiger partial charge in [0.1, 0.15) is 5.75 Å². The van der Waals surface area contributed by atoms with E-state index in [9.17, 15) is 9.90 Å². The van der Waals surface area contributed by atoms with Crippen LogP contribution >= 0.6 is 11.6 Å². The zero-order chi connectivity index (χ0) is 14.5. The van der Waals surface area contributed by atoms with Gasteiger partial charge in [-0.25, -0.2) is 5.43 Å². The minimum atomic E-state index is -0.372. The quantitative estimate of drug-likeness (QED) is 0.460. The number of carbonyl (C=O) groups excluding carboxylic acids is 1. The van der Waals surface area contributed by atoms with E-state index in [2.05, 4.69) is 10.5 Å². The fourth-order valence-corrected chi connectivity index (χ4v) is 1.67. The van der Waals surface area contributed by atoms with Gasteiger partial charge >= 0.3 is 0 Å². The first kappa shape index (κ1) is 13.9. The summed E-state index contributed by atoms with van der Waals surface area (Å²) in [5.41, 5.74) is 9.31. The van der Waals surface area contributed by atoms with E-state index in [1.165, 1.54) is 18.3 Å². The predicted octanol–water partition coefficient (Wildman–Crippen LogP) is 2.39. The molecule has 0 radical (unpaired) electrons. The molecule has 20 heavy (non-hydrogen) atoms. The number of phenolic OH excluding ortho intramolecular Hbond substituents is 1. The highest BCUT2D eigenvalue weighted by atomic mass is 35.5. The highest BCUT2D eigenvalue weighted by Gasteiger charge is 2.03. The molecule has 0 spiro atoms. The lowest BCUT2D eigenvalue weighted by Gasteiger charge is -2.01. The summed E-state index contributed by atoms with van der Waals surface area (Å²) in [6.07, 6.45) is 1.32. The van der Waals surface area contributed by atoms with E-state index >= 15 is 0 Å². The van der Waals surface area contributed by atoms with E-state index in [4.69, 9.17) is 17.3 Å². The van der Waals surface area contributed by atoms with Crippen LogP contribution in [0.5, 0.6) is 5.75 Å². The Hall–Kier alpha value is -2.53. The number of anilines is 1. The number of hydrogen-bond donors (Lipinski definition) is 3. The zero-order valence-electron chi connectivity index (χ0n) is 10.4. The largest absolute Gasteiger partial charge is 0.507 e. The number of nitrogens with one attached hydrogen (secondary N) is 1. The van der Waals surface area contributed by atoms with Gasteiger partial charge in [0.25, 0.3) is 5.91 Å². The Morgan fingerprint density at radius 1 is 1.25 bits per heavy atom. The summed E-state index contributed by atoms with van der Waals surface area (Å²) in [7, 11) is 0. The topological polar surface area (TPSA) is 87.7 Å². The average molecular weight is 290 g/mol. The first-order valence-corrected chi connectivity index (χ1v) is 6.11. The van der Waals surface area contributed by atoms with Crippen LogP contribution in [-0.2, 0) is 0 Å². The van der Waals surface area contributed by atoms with Gasteiger partial charge in [0.05, 0.1) is 6.21 Å². The van der Waals surface area contributed by atoms with Gasteiger partial charge < -0.3 is 10.8 Å². The van der Waals surface area contributed by atoms with Crippen LogP contribution in [0.1, 0.15) is 15.9 Å². The molecule has 1 amide bonds. The summed E-state index contributed by atoms with van der Waals surface area (Å²) in [5, 5.41) is 13.8. The molecule has 0 unspecified atom stereocenters. The van der Waals surface area contributed by atoms with Crippen LogP contribution in [0, 0.1) is 0 Å². The predicted molar refractivity (Wildman–Crippen MR) is 79.0 cm³/mol. The molecule has 6 heteroatoms. The van der Waals surface area contributed by atoms with Gasteiger partial charge in [-0.15, -0.1) is 0 Å². The Balaban J connectivity index is 2.04. The first-order valence-electron chi connectivity index (χ1n) is 5.74. The van der Waals surface area contributed by atoms with Gasteiger partial charge in [-0.2, -0.15) is 5.10 Å². The van der Waals surface area contributed by atoms with Gasteiger partial charge in [-0.1, -0.05) is 11.6 Å². The molecule has 0 saturated carbocycles. The lowest BCUT2D eigenvalue weighted by Crippen LogP contribution is -2.17. The third kappa shape index (κ3) is 3.49. The molecule has 0 aliphatic rings. The number of rotatable bonds is 3. The van der Waals surface area contributed by atoms with Crippen molar-refractivity contribution in [2.75, 3.05) is 5.73 Å². The second-order valence-electron chi connectivity index (χ2n) is 4.02. The van der Waals surface area contributed by atoms with Crippen LogP contribution in [0.15, 0.2) is 47.6 Å². The molecular formula is C14H12ClN3O2. The first-order chi connectivity index (χ1) is 9.56. The van der Waals surface area contributed by atoms with Crippen molar-refractivity contribution in [2.45, 2.75) is 0 Å². The van der Waals surface area contributed by atoms with E-state index in [0.717, 1.165) is 0 Å². The molecule has 5 nitrogen and oxygen atoms in total. The molecule has 0 fully saturated rings. The second kappa shape index (κ2) is 6.08. The van der Waals surface area contributed by atoms with Crippen molar-refractivity contribution in [3.63, 3.8) is 0 Å². The zero-order valence-corrected chi connectivity index (χ0v) is 11.1. The number of aromatic hydroxyl groups is 1. The van der Waals surface area contributed by atoms with E-state index in [1.54, 1.807) is 30.3 Å². The Bertz CT molecular complexity index is 654. The third-order valence-corrected chi connectivity index (χ3v) is 2.77. The molecule has 2 aromatic carbocycles. The number of carbonyl (C=O) groups is 1. The highest BCUT2D eigenvalue weighted by molar-refractivity contribution is 6.30. The molecular weight excluding hydrogens is 278 g/mol. The molecule has 0 saturated heterocycles. The van der Waals surface area contributed by atoms with E-state index < -0.39 is 0 Å². The van der Waals surface area contributed by atoms with Crippen LogP contribution in [0.2, 0.25) is 5.02 Å². The number of nitrogens with zero attached hydrogens (tertiary/aromatic N) is 1. The van der Waals surface area contributed by atoms with E-state index in [0.29, 0.717) is 21.8 Å². The molecule has 2 rings (SSSR count). The van der Waals surface area contributed by atoms with Crippen molar-refractivity contribution in [3.8, 4) is 5.75 Å². The third-order valence-electron chi connectivity index (χ3n) is 2.53. The van der Waals surface area contributed by atoms with E-state index in [1.807, 2.05) is 0 Å². The number of hydrogen-bond acceptors (Lipinski definition) is 4. The molecule has 0 aliphatic carbocycles. The normalized spacial score (nSPS) is 10.7. The minimum Gasteiger partial charge on any atom is -0.507 e. The Morgan fingerprint density at radius 3 is 2.65 bits per heavy atom. The fourth-order valence-electron chi connectivity index (χ4n) is 1.49. The summed E-state index contributed by atoms with van der Waals surface area (Å²) in [5.74, 6) is -0.345. The van der Waals surface area contributed by atoms with Crippen LogP contribution in [0.25, 0.3) is 0 Å². The molecule has 0 aromatic heterocycles. The van der Waals surface area contributed by atoms with Crippen molar-refractivity contribution in [1.29, 1.82) is 0 Å². The van der Waals surface area contributed by atoms with Crippen LogP contribution < -0.4 is 11.2 Å². The van der Waals surface area contributed by atoms with Gasteiger partial charge in [-0.05, 0) is 42.5 Å². The molecule has 2 aromatic rings. The number of halogens is 1. The van der Waals surface area contributed by atoms with Gasteiger partial charge in [0, 0.05) is 21.8 Å². The number of nitrogens with two attached hydrogens (primary N) is 1. The van der Waals surface area contributed by atoms with Crippen LogP contribution in [0.3, 0.4) is 0 Å². The number of benzene rings is 2. The van der Waals surface area contributed by atoms with Crippen molar-refractivity contribution < 1.29 is 9.90 Å². The molecule has 4 N–H and O–H groups in total. The Morgan fingerprint density at radius 2 is 1.95 bits per heavy atom. The molecule has 0 bridgehead atoms. The maximum atomic E-state index is 11.7. The van der Waals surface area contributed by atoms with Gasteiger partial charge in [0.2, 0.25) is 0 Å². The number of nitrogen functional groups attached to an aromatic ring is 1. The molecule has 0 heterocycles. The average Bonchev–Trinajstić information content (AvgIpc) is 2.43. The standard InChI is InChI=1S/C14H12ClN3O2/c15-11-3-6-13(19)10(7-11)8-17-18-14(20)9-1-4-12(16)5-2-9/h1-8,19H,16H2,(H,18,20)/b17-8+. The monoisotopic (exact) mass is 289 g/mol. The summed E-state index contributed by atoms with van der Waals surface area (Å²) in [4.78, 5) is 11.7. The minimum absolute atomic E-state index is 0.0277. The van der Waals surface area contributed by atoms with E-state index in [-0.39, 0.29) is 11.7 Å². The maximum absolute atomic E-state index is 11.7. The smallest absolute Gasteiger partial charge is 0.271 e. The van der Waals surface area contributed by atoms with Crippen molar-refractivity contribution in [3.05, 3.63) is 58.6 Å². The summed E-state index contributed by atoms with van der Waals surface area (Å²) < 4.78 is 0. The van der Waals surface area contributed by atoms with Crippen molar-refractivity contribution in [2.24, 2.45) is 5.10 Å². The van der Waals surface area contributed by atoms with Gasteiger partial charge in [-0.3, -0.25) is 4.79 Å².